The predicted molar refractivity (Wildman–Crippen MR) is 199 cm³/mol. The molecule has 4 heterocycles. The van der Waals surface area contributed by atoms with E-state index in [4.69, 9.17) is 32.9 Å². The third-order valence-electron chi connectivity index (χ3n) is 10.4. The summed E-state index contributed by atoms with van der Waals surface area (Å²) in [4.78, 5) is 48.0. The van der Waals surface area contributed by atoms with Gasteiger partial charge in [-0.3, -0.25) is 24.3 Å². The summed E-state index contributed by atoms with van der Waals surface area (Å²) in [6, 6.07) is 13.1. The molecule has 2 amide bonds. The first kappa shape index (κ1) is 35.9. The highest BCUT2D eigenvalue weighted by Gasteiger charge is 2.36. The summed E-state index contributed by atoms with van der Waals surface area (Å²) in [6.07, 6.45) is 5.22. The molecule has 1 aliphatic carbocycles. The number of amides is 2. The third-order valence-corrected chi connectivity index (χ3v) is 11.2. The Morgan fingerprint density at radius 3 is 2.65 bits per heavy atom. The number of halogens is 2. The molecule has 4 N–H and O–H groups in total. The monoisotopic (exact) mass is 745 g/mol. The van der Waals surface area contributed by atoms with Gasteiger partial charge in [-0.1, -0.05) is 47.5 Å². The highest BCUT2D eigenvalue weighted by Crippen LogP contribution is 2.41. The molecule has 2 fully saturated rings. The summed E-state index contributed by atoms with van der Waals surface area (Å²) in [7, 11) is 3.47. The number of fused-ring (bicyclic) bond motifs is 1. The smallest absolute Gasteiger partial charge is 0.306 e. The number of hydrogen-bond acceptors (Lipinski definition) is 8. The molecule has 14 heteroatoms. The first-order chi connectivity index (χ1) is 25.1. The molecule has 2 aromatic carbocycles. The van der Waals surface area contributed by atoms with Crippen molar-refractivity contribution in [3.63, 3.8) is 0 Å². The van der Waals surface area contributed by atoms with Gasteiger partial charge in [-0.25, -0.2) is 4.98 Å². The summed E-state index contributed by atoms with van der Waals surface area (Å²) >= 11 is 14.0. The zero-order chi connectivity index (χ0) is 36.5. The minimum atomic E-state index is -0.709. The van der Waals surface area contributed by atoms with Crippen molar-refractivity contribution in [1.82, 2.24) is 30.1 Å². The van der Waals surface area contributed by atoms with Gasteiger partial charge in [0, 0.05) is 87.1 Å². The molecule has 1 saturated heterocycles. The molecule has 4 aromatic rings. The van der Waals surface area contributed by atoms with Crippen molar-refractivity contribution in [3.05, 3.63) is 81.5 Å². The topological polar surface area (TPSA) is 151 Å². The van der Waals surface area contributed by atoms with E-state index in [0.717, 1.165) is 48.4 Å². The van der Waals surface area contributed by atoms with Gasteiger partial charge >= 0.3 is 5.97 Å². The lowest BCUT2D eigenvalue weighted by atomic mass is 9.74. The van der Waals surface area contributed by atoms with Crippen molar-refractivity contribution in [3.8, 4) is 28.1 Å². The van der Waals surface area contributed by atoms with Crippen LogP contribution in [0.25, 0.3) is 22.4 Å². The summed E-state index contributed by atoms with van der Waals surface area (Å²) < 4.78 is 7.55. The number of ether oxygens (including phenoxy) is 1. The standard InChI is InChI=1S/C38H41Cl2N7O5/c1-46-30-20-47(19-21-14-24(15-21)38(50)51)13-11-28(30)44-36(46)37(49)45-29-5-3-4-26(33(29)39)27-10-12-42-35(34(27)40)22-6-7-23(31(16-22)52-2)17-41-18-25-8-9-32(48)43-25/h3-7,10,12,16,21,24-25,41H,8-9,11,13-15,17-20H2,1-2H3,(H,43,48)(H,45,49)(H,50,51)/t21?,24?,25-/m1/s1. The number of carbonyl (C=O) groups excluding carboxylic acids is 2. The van der Waals surface area contributed by atoms with E-state index in [2.05, 4.69) is 25.8 Å². The van der Waals surface area contributed by atoms with Crippen molar-refractivity contribution in [1.29, 1.82) is 0 Å². The number of rotatable bonds is 12. The van der Waals surface area contributed by atoms with Crippen LogP contribution >= 0.6 is 23.2 Å². The maximum Gasteiger partial charge on any atom is 0.306 e. The van der Waals surface area contributed by atoms with Gasteiger partial charge in [0.25, 0.3) is 5.91 Å². The first-order valence-corrected chi connectivity index (χ1v) is 18.3. The van der Waals surface area contributed by atoms with Gasteiger partial charge in [-0.05, 0) is 43.4 Å². The van der Waals surface area contributed by atoms with Crippen LogP contribution < -0.4 is 20.7 Å². The number of methoxy groups -OCH3 is 1. The van der Waals surface area contributed by atoms with Gasteiger partial charge in [0.15, 0.2) is 5.82 Å². The van der Waals surface area contributed by atoms with E-state index < -0.39 is 5.97 Å². The van der Waals surface area contributed by atoms with Crippen molar-refractivity contribution in [2.45, 2.75) is 51.2 Å². The Labute approximate surface area is 311 Å². The van der Waals surface area contributed by atoms with E-state index >= 15 is 0 Å². The molecule has 52 heavy (non-hydrogen) atoms. The molecule has 3 aliphatic rings. The Bertz CT molecular complexity index is 2030. The molecular formula is C38H41Cl2N7O5. The van der Waals surface area contributed by atoms with Crippen LogP contribution in [0.3, 0.4) is 0 Å². The van der Waals surface area contributed by atoms with Crippen molar-refractivity contribution < 1.29 is 24.2 Å². The summed E-state index contributed by atoms with van der Waals surface area (Å²) in [6.45, 7) is 3.57. The largest absolute Gasteiger partial charge is 0.496 e. The molecule has 0 bridgehead atoms. The molecule has 12 nitrogen and oxygen atoms in total. The van der Waals surface area contributed by atoms with Crippen LogP contribution in [-0.4, -0.2) is 75.1 Å². The van der Waals surface area contributed by atoms with Crippen LogP contribution in [0.2, 0.25) is 10.0 Å². The number of hydrogen-bond donors (Lipinski definition) is 4. The number of nitrogens with one attached hydrogen (secondary N) is 3. The van der Waals surface area contributed by atoms with Crippen molar-refractivity contribution in [2.24, 2.45) is 18.9 Å². The molecule has 0 radical (unpaired) electrons. The maximum absolute atomic E-state index is 13.6. The Kier molecular flexibility index (Phi) is 10.5. The van der Waals surface area contributed by atoms with Gasteiger partial charge in [0.05, 0.1) is 45.8 Å². The molecular weight excluding hydrogens is 705 g/mol. The summed E-state index contributed by atoms with van der Waals surface area (Å²) in [5.74, 6) is 0.144. The molecule has 2 aromatic heterocycles. The zero-order valence-corrected chi connectivity index (χ0v) is 30.6. The number of imidazole rings is 1. The average molecular weight is 747 g/mol. The second kappa shape index (κ2) is 15.2. The molecule has 7 rings (SSSR count). The van der Waals surface area contributed by atoms with Crippen LogP contribution in [0.5, 0.6) is 5.75 Å². The second-order valence-corrected chi connectivity index (χ2v) is 14.6. The Morgan fingerprint density at radius 1 is 1.10 bits per heavy atom. The fourth-order valence-electron chi connectivity index (χ4n) is 7.47. The quantitative estimate of drug-likeness (QED) is 0.146. The fourth-order valence-corrected chi connectivity index (χ4v) is 8.07. The van der Waals surface area contributed by atoms with E-state index in [9.17, 15) is 19.5 Å². The third kappa shape index (κ3) is 7.38. The molecule has 0 spiro atoms. The minimum absolute atomic E-state index is 0.0917. The minimum Gasteiger partial charge on any atom is -0.496 e. The zero-order valence-electron chi connectivity index (χ0n) is 29.0. The maximum atomic E-state index is 13.6. The predicted octanol–water partition coefficient (Wildman–Crippen LogP) is 5.55. The molecule has 2 aliphatic heterocycles. The Morgan fingerprint density at radius 2 is 1.90 bits per heavy atom. The molecule has 272 valence electrons. The van der Waals surface area contributed by atoms with E-state index in [-0.39, 0.29) is 23.8 Å². The van der Waals surface area contributed by atoms with Gasteiger partial charge in [0.2, 0.25) is 5.91 Å². The van der Waals surface area contributed by atoms with Crippen LogP contribution in [0.15, 0.2) is 48.7 Å². The number of carboxylic acids is 1. The van der Waals surface area contributed by atoms with E-state index in [1.165, 1.54) is 0 Å². The van der Waals surface area contributed by atoms with Crippen molar-refractivity contribution >= 4 is 46.7 Å². The lowest BCUT2D eigenvalue weighted by Gasteiger charge is -2.37. The number of anilines is 1. The highest BCUT2D eigenvalue weighted by molar-refractivity contribution is 6.39. The Balaban J connectivity index is 1.05. The van der Waals surface area contributed by atoms with E-state index in [1.807, 2.05) is 41.9 Å². The second-order valence-electron chi connectivity index (χ2n) is 13.8. The number of aromatic nitrogens is 3. The van der Waals surface area contributed by atoms with Crippen LogP contribution in [0.1, 0.15) is 53.3 Å². The van der Waals surface area contributed by atoms with Crippen LogP contribution in [0.4, 0.5) is 5.69 Å². The highest BCUT2D eigenvalue weighted by atomic mass is 35.5. The van der Waals surface area contributed by atoms with E-state index in [1.54, 1.807) is 25.4 Å². The number of aliphatic carboxylic acids is 1. The van der Waals surface area contributed by atoms with Crippen LogP contribution in [0, 0.1) is 11.8 Å². The summed E-state index contributed by atoms with van der Waals surface area (Å²) in [5, 5.41) is 19.3. The van der Waals surface area contributed by atoms with Crippen molar-refractivity contribution in [2.75, 3.05) is 32.1 Å². The lowest BCUT2D eigenvalue weighted by Crippen LogP contribution is -2.41. The number of pyridine rings is 1. The number of carbonyl (C=O) groups is 3. The number of nitrogens with zero attached hydrogens (tertiary/aromatic N) is 4. The number of benzene rings is 2. The van der Waals surface area contributed by atoms with E-state index in [0.29, 0.717) is 88.9 Å². The van der Waals surface area contributed by atoms with Gasteiger partial charge < -0.3 is 30.4 Å². The number of carboxylic acid groups (broad SMARTS) is 1. The van der Waals surface area contributed by atoms with Gasteiger partial charge in [0.1, 0.15) is 5.75 Å². The Hall–Kier alpha value is -4.49. The molecule has 0 unspecified atom stereocenters. The molecule has 1 saturated carbocycles. The van der Waals surface area contributed by atoms with Gasteiger partial charge in [-0.15, -0.1) is 0 Å². The molecule has 1 atom stereocenters. The fraction of sp³-hybridized carbons (Fsp3) is 0.395. The van der Waals surface area contributed by atoms with Gasteiger partial charge in [-0.2, -0.15) is 0 Å². The first-order valence-electron chi connectivity index (χ1n) is 17.5. The van der Waals surface area contributed by atoms with Crippen LogP contribution in [-0.2, 0) is 36.1 Å². The normalized spacial score (nSPS) is 19.8. The lowest BCUT2D eigenvalue weighted by molar-refractivity contribution is -0.146. The SMILES string of the molecule is COc1cc(-c2nccc(-c3cccc(NC(=O)c4nc5c(n4C)CN(CC4CC(C(=O)O)C4)CC5)c3Cl)c2Cl)ccc1CNC[C@H]1CCC(=O)N1. The summed E-state index contributed by atoms with van der Waals surface area (Å²) in [5.41, 5.74) is 5.90. The average Bonchev–Trinajstić information content (AvgIpc) is 3.69.